The smallest absolute Gasteiger partial charge is 0.204 e. The van der Waals surface area contributed by atoms with Crippen LogP contribution in [0.1, 0.15) is 0 Å². The summed E-state index contributed by atoms with van der Waals surface area (Å²) in [5, 5.41) is 1.10. The minimum Gasteiger partial charge on any atom is -0.334 e. The van der Waals surface area contributed by atoms with Crippen molar-refractivity contribution >= 4 is 26.1 Å². The van der Waals surface area contributed by atoms with Gasteiger partial charge in [-0.25, -0.2) is 0 Å². The zero-order valence-electron chi connectivity index (χ0n) is 7.06. The van der Waals surface area contributed by atoms with Gasteiger partial charge < -0.3 is 9.05 Å². The average Bonchev–Trinajstić information content (AvgIpc) is 2.09. The van der Waals surface area contributed by atoms with Crippen LogP contribution in [0.2, 0.25) is 0 Å². The highest BCUT2D eigenvalue weighted by Gasteiger charge is 2.07. The van der Waals surface area contributed by atoms with Crippen molar-refractivity contribution in [2.24, 2.45) is 0 Å². The highest BCUT2D eigenvalue weighted by atomic mass is 35.5. The second-order valence-electron chi connectivity index (χ2n) is 1.96. The molecule has 0 saturated carbocycles. The molecule has 0 aliphatic heterocycles. The number of benzene rings is 1. The van der Waals surface area contributed by atoms with E-state index < -0.39 is 8.38 Å². The Balaban J connectivity index is 0.00000121. The molecule has 1 aromatic carbocycles. The lowest BCUT2D eigenvalue weighted by atomic mass is 10.4. The highest BCUT2D eigenvalue weighted by Crippen LogP contribution is 2.34. The van der Waals surface area contributed by atoms with Gasteiger partial charge in [-0.1, -0.05) is 18.2 Å². The van der Waals surface area contributed by atoms with Crippen LogP contribution in [0.3, 0.4) is 0 Å². The van der Waals surface area contributed by atoms with E-state index in [1.54, 1.807) is 14.2 Å². The molecule has 0 unspecified atom stereocenters. The Hall–Kier alpha value is -0.140. The minimum atomic E-state index is -0.851. The maximum absolute atomic E-state index is 5.13. The van der Waals surface area contributed by atoms with Crippen molar-refractivity contribution < 1.29 is 9.05 Å². The van der Waals surface area contributed by atoms with E-state index in [0.717, 1.165) is 5.30 Å². The van der Waals surface area contributed by atoms with Crippen LogP contribution in [0.15, 0.2) is 30.3 Å². The molecular weight excluding hydrogens is 195 g/mol. The number of hydrogen-bond donors (Lipinski definition) is 0. The van der Waals surface area contributed by atoms with Gasteiger partial charge in [0.25, 0.3) is 0 Å². The molecule has 0 heterocycles. The van der Waals surface area contributed by atoms with Gasteiger partial charge in [0.2, 0.25) is 8.38 Å². The van der Waals surface area contributed by atoms with E-state index in [1.165, 1.54) is 0 Å². The quantitative estimate of drug-likeness (QED) is 0.707. The number of halogens is 1. The molecule has 0 saturated heterocycles. The van der Waals surface area contributed by atoms with Gasteiger partial charge in [0.15, 0.2) is 0 Å². The third kappa shape index (κ3) is 3.08. The Kier molecular flexibility index (Phi) is 6.31. The Bertz CT molecular complexity index is 201. The molecule has 0 aliphatic rings. The van der Waals surface area contributed by atoms with Crippen LogP contribution in [-0.4, -0.2) is 14.2 Å². The van der Waals surface area contributed by atoms with E-state index in [2.05, 4.69) is 0 Å². The van der Waals surface area contributed by atoms with Gasteiger partial charge in [-0.3, -0.25) is 0 Å². The zero-order chi connectivity index (χ0) is 8.10. The predicted octanol–water partition coefficient (Wildman–Crippen LogP) is 2.34. The molecule has 2 nitrogen and oxygen atoms in total. The zero-order valence-corrected chi connectivity index (χ0v) is 8.77. The molecule has 0 spiro atoms. The van der Waals surface area contributed by atoms with Crippen molar-refractivity contribution in [1.82, 2.24) is 0 Å². The lowest BCUT2D eigenvalue weighted by Crippen LogP contribution is -2.01. The molecule has 0 bridgehead atoms. The van der Waals surface area contributed by atoms with E-state index in [-0.39, 0.29) is 12.4 Å². The first-order valence-electron chi connectivity index (χ1n) is 3.32. The fourth-order valence-electron chi connectivity index (χ4n) is 0.835. The van der Waals surface area contributed by atoms with Crippen molar-refractivity contribution in [3.63, 3.8) is 0 Å². The molecule has 0 aromatic heterocycles. The Morgan fingerprint density at radius 1 is 1.00 bits per heavy atom. The van der Waals surface area contributed by atoms with Crippen molar-refractivity contribution in [2.45, 2.75) is 0 Å². The molecule has 0 fully saturated rings. The summed E-state index contributed by atoms with van der Waals surface area (Å²) in [4.78, 5) is 0. The fraction of sp³-hybridized carbons (Fsp3) is 0.250. The largest absolute Gasteiger partial charge is 0.334 e. The van der Waals surface area contributed by atoms with Gasteiger partial charge in [-0.15, -0.1) is 12.4 Å². The summed E-state index contributed by atoms with van der Waals surface area (Å²) in [6.07, 6.45) is 0. The topological polar surface area (TPSA) is 18.5 Å². The molecule has 0 aliphatic carbocycles. The molecule has 68 valence electrons. The van der Waals surface area contributed by atoms with Crippen molar-refractivity contribution in [3.05, 3.63) is 30.3 Å². The van der Waals surface area contributed by atoms with Gasteiger partial charge in [0.05, 0.1) is 0 Å². The van der Waals surface area contributed by atoms with Gasteiger partial charge in [0, 0.05) is 19.5 Å². The monoisotopic (exact) mass is 206 g/mol. The van der Waals surface area contributed by atoms with E-state index in [1.807, 2.05) is 30.3 Å². The first-order chi connectivity index (χ1) is 5.38. The first kappa shape index (κ1) is 11.9. The summed E-state index contributed by atoms with van der Waals surface area (Å²) < 4.78 is 10.3. The summed E-state index contributed by atoms with van der Waals surface area (Å²) in [6, 6.07) is 9.92. The summed E-state index contributed by atoms with van der Waals surface area (Å²) in [7, 11) is 2.46. The Morgan fingerprint density at radius 3 is 1.92 bits per heavy atom. The highest BCUT2D eigenvalue weighted by molar-refractivity contribution is 7.55. The summed E-state index contributed by atoms with van der Waals surface area (Å²) in [6.45, 7) is 0. The van der Waals surface area contributed by atoms with Crippen LogP contribution in [0, 0.1) is 0 Å². The van der Waals surface area contributed by atoms with E-state index >= 15 is 0 Å². The molecule has 1 aromatic rings. The van der Waals surface area contributed by atoms with Crippen molar-refractivity contribution in [3.8, 4) is 0 Å². The Labute approximate surface area is 80.2 Å². The second-order valence-corrected chi connectivity index (χ2v) is 3.72. The summed E-state index contributed by atoms with van der Waals surface area (Å²) >= 11 is 0. The summed E-state index contributed by atoms with van der Waals surface area (Å²) in [5.74, 6) is 0. The number of rotatable bonds is 3. The van der Waals surface area contributed by atoms with Gasteiger partial charge in [-0.05, 0) is 12.1 Å². The fourth-order valence-corrected chi connectivity index (χ4v) is 1.82. The van der Waals surface area contributed by atoms with Crippen molar-refractivity contribution in [1.29, 1.82) is 0 Å². The lowest BCUT2D eigenvalue weighted by Gasteiger charge is -2.10. The lowest BCUT2D eigenvalue weighted by molar-refractivity contribution is 0.350. The normalized spacial score (nSPS) is 9.58. The predicted molar refractivity (Wildman–Crippen MR) is 54.3 cm³/mol. The van der Waals surface area contributed by atoms with Crippen LogP contribution in [0.25, 0.3) is 0 Å². The average molecular weight is 207 g/mol. The summed E-state index contributed by atoms with van der Waals surface area (Å²) in [5.41, 5.74) is 0. The minimum absolute atomic E-state index is 0. The molecule has 0 N–H and O–H groups in total. The van der Waals surface area contributed by atoms with E-state index in [9.17, 15) is 0 Å². The number of hydrogen-bond acceptors (Lipinski definition) is 2. The molecule has 12 heavy (non-hydrogen) atoms. The molecule has 4 heteroatoms. The van der Waals surface area contributed by atoms with Crippen LogP contribution in [0.5, 0.6) is 0 Å². The van der Waals surface area contributed by atoms with Gasteiger partial charge in [0.1, 0.15) is 0 Å². The van der Waals surface area contributed by atoms with Crippen LogP contribution in [-0.2, 0) is 9.05 Å². The standard InChI is InChI=1S/C8H11O2P.ClH/c1-9-11(10-2)8-6-4-3-5-7-8;/h3-7H,1-2H3;1H. The maximum Gasteiger partial charge on any atom is 0.204 e. The van der Waals surface area contributed by atoms with E-state index in [0.29, 0.717) is 0 Å². The third-order valence-electron chi connectivity index (χ3n) is 1.30. The van der Waals surface area contributed by atoms with Gasteiger partial charge in [-0.2, -0.15) is 0 Å². The second kappa shape index (κ2) is 6.38. The molecule has 0 radical (unpaired) electrons. The molecule has 1 rings (SSSR count). The maximum atomic E-state index is 5.13. The van der Waals surface area contributed by atoms with Crippen molar-refractivity contribution in [2.75, 3.05) is 14.2 Å². The SMILES string of the molecule is COP(OC)c1ccccc1.Cl. The van der Waals surface area contributed by atoms with Crippen LogP contribution in [0.4, 0.5) is 0 Å². The van der Waals surface area contributed by atoms with Gasteiger partial charge >= 0.3 is 0 Å². The van der Waals surface area contributed by atoms with E-state index in [4.69, 9.17) is 9.05 Å². The molecule has 0 amide bonds. The van der Waals surface area contributed by atoms with Crippen LogP contribution < -0.4 is 5.30 Å². The van der Waals surface area contributed by atoms with Crippen LogP contribution >= 0.6 is 20.8 Å². The third-order valence-corrected chi connectivity index (χ3v) is 2.68. The molecular formula is C8H12ClO2P. The molecule has 0 atom stereocenters. The Morgan fingerprint density at radius 2 is 1.50 bits per heavy atom. The first-order valence-corrected chi connectivity index (χ1v) is 4.49.